The van der Waals surface area contributed by atoms with Gasteiger partial charge < -0.3 is 11.1 Å². The Labute approximate surface area is 108 Å². The second kappa shape index (κ2) is 4.59. The minimum atomic E-state index is 0.459. The molecule has 4 heteroatoms. The molecular weight excluding hydrogens is 224 g/mol. The van der Waals surface area contributed by atoms with Crippen molar-refractivity contribution in [3.63, 3.8) is 0 Å². The number of fused-ring (bicyclic) bond motifs is 2. The van der Waals surface area contributed by atoms with Crippen LogP contribution < -0.4 is 11.1 Å². The van der Waals surface area contributed by atoms with Gasteiger partial charge in [0.05, 0.1) is 0 Å². The SMILES string of the molecule is NC(=NCC12CCC(CC1)C2)Nc1ccccn1. The highest BCUT2D eigenvalue weighted by Crippen LogP contribution is 2.54. The van der Waals surface area contributed by atoms with E-state index >= 15 is 0 Å². The fourth-order valence-corrected chi connectivity index (χ4v) is 3.39. The first-order chi connectivity index (χ1) is 8.76. The lowest BCUT2D eigenvalue weighted by molar-refractivity contribution is 0.307. The van der Waals surface area contributed by atoms with Crippen LogP contribution in [0.1, 0.15) is 32.1 Å². The van der Waals surface area contributed by atoms with Crippen LogP contribution in [0.25, 0.3) is 0 Å². The molecule has 1 heterocycles. The van der Waals surface area contributed by atoms with Crippen molar-refractivity contribution in [1.82, 2.24) is 4.98 Å². The predicted molar refractivity (Wildman–Crippen MR) is 73.4 cm³/mol. The number of nitrogens with two attached hydrogens (primary N) is 1. The maximum atomic E-state index is 5.91. The summed E-state index contributed by atoms with van der Waals surface area (Å²) in [6.07, 6.45) is 8.54. The number of aliphatic imine (C=N–C) groups is 1. The zero-order valence-electron chi connectivity index (χ0n) is 10.6. The summed E-state index contributed by atoms with van der Waals surface area (Å²) in [7, 11) is 0. The molecule has 0 saturated heterocycles. The number of hydrogen-bond donors (Lipinski definition) is 2. The molecule has 1 aromatic rings. The predicted octanol–water partition coefficient (Wildman–Crippen LogP) is 2.39. The summed E-state index contributed by atoms with van der Waals surface area (Å²) >= 11 is 0. The van der Waals surface area contributed by atoms with Crippen LogP contribution >= 0.6 is 0 Å². The quantitative estimate of drug-likeness (QED) is 0.634. The minimum Gasteiger partial charge on any atom is -0.370 e. The van der Waals surface area contributed by atoms with Crippen molar-refractivity contribution >= 4 is 11.8 Å². The summed E-state index contributed by atoms with van der Waals surface area (Å²) in [5, 5.41) is 3.04. The molecule has 2 aliphatic rings. The van der Waals surface area contributed by atoms with Gasteiger partial charge in [-0.3, -0.25) is 4.99 Å². The number of nitrogens with zero attached hydrogens (tertiary/aromatic N) is 2. The van der Waals surface area contributed by atoms with Gasteiger partial charge >= 0.3 is 0 Å². The van der Waals surface area contributed by atoms with Gasteiger partial charge in [0, 0.05) is 12.7 Å². The molecule has 0 atom stereocenters. The molecule has 3 N–H and O–H groups in total. The number of hydrogen-bond acceptors (Lipinski definition) is 2. The number of pyridine rings is 1. The van der Waals surface area contributed by atoms with Gasteiger partial charge in [-0.1, -0.05) is 6.07 Å². The summed E-state index contributed by atoms with van der Waals surface area (Å²) in [5.74, 6) is 2.20. The van der Waals surface area contributed by atoms with Gasteiger partial charge in [0.2, 0.25) is 0 Å². The fourth-order valence-electron chi connectivity index (χ4n) is 3.39. The molecule has 96 valence electrons. The summed E-state index contributed by atoms with van der Waals surface area (Å²) < 4.78 is 0. The highest BCUT2D eigenvalue weighted by molar-refractivity contribution is 5.91. The van der Waals surface area contributed by atoms with Crippen molar-refractivity contribution in [1.29, 1.82) is 0 Å². The lowest BCUT2D eigenvalue weighted by Gasteiger charge is -2.24. The highest BCUT2D eigenvalue weighted by atomic mass is 15.1. The average Bonchev–Trinajstić information content (AvgIpc) is 2.99. The third-order valence-corrected chi connectivity index (χ3v) is 4.39. The van der Waals surface area contributed by atoms with Gasteiger partial charge in [-0.05, 0) is 55.6 Å². The Morgan fingerprint density at radius 2 is 2.28 bits per heavy atom. The van der Waals surface area contributed by atoms with Gasteiger partial charge in [0.1, 0.15) is 5.82 Å². The third kappa shape index (κ3) is 2.33. The first-order valence-electron chi connectivity index (χ1n) is 6.74. The lowest BCUT2D eigenvalue weighted by atomic mass is 9.84. The molecule has 0 aliphatic heterocycles. The van der Waals surface area contributed by atoms with E-state index in [2.05, 4.69) is 15.3 Å². The first kappa shape index (κ1) is 11.5. The van der Waals surface area contributed by atoms with Crippen LogP contribution in [-0.4, -0.2) is 17.5 Å². The molecule has 2 bridgehead atoms. The van der Waals surface area contributed by atoms with Gasteiger partial charge in [-0.15, -0.1) is 0 Å². The number of guanidine groups is 1. The molecule has 4 nitrogen and oxygen atoms in total. The van der Waals surface area contributed by atoms with Crippen molar-refractivity contribution in [3.8, 4) is 0 Å². The molecule has 2 fully saturated rings. The Hall–Kier alpha value is -1.58. The molecule has 1 aromatic heterocycles. The van der Waals surface area contributed by atoms with Gasteiger partial charge in [0.25, 0.3) is 0 Å². The van der Waals surface area contributed by atoms with Crippen LogP contribution in [0.15, 0.2) is 29.4 Å². The first-order valence-corrected chi connectivity index (χ1v) is 6.74. The molecule has 0 unspecified atom stereocenters. The second-order valence-electron chi connectivity index (χ2n) is 5.69. The Bertz CT molecular complexity index is 432. The van der Waals surface area contributed by atoms with E-state index in [-0.39, 0.29) is 0 Å². The summed E-state index contributed by atoms with van der Waals surface area (Å²) in [6.45, 7) is 0.870. The monoisotopic (exact) mass is 244 g/mol. The molecule has 3 rings (SSSR count). The van der Waals surface area contributed by atoms with Crippen LogP contribution in [-0.2, 0) is 0 Å². The smallest absolute Gasteiger partial charge is 0.194 e. The zero-order chi connectivity index (χ0) is 12.4. The minimum absolute atomic E-state index is 0.459. The average molecular weight is 244 g/mol. The summed E-state index contributed by atoms with van der Waals surface area (Å²) in [6, 6.07) is 5.70. The van der Waals surface area contributed by atoms with E-state index in [4.69, 9.17) is 5.73 Å². The van der Waals surface area contributed by atoms with Crippen LogP contribution in [0, 0.1) is 11.3 Å². The topological polar surface area (TPSA) is 63.3 Å². The van der Waals surface area contributed by atoms with Crippen LogP contribution in [0.3, 0.4) is 0 Å². The standard InChI is InChI=1S/C14H20N4/c15-13(18-12-3-1-2-8-16-12)17-10-14-6-4-11(9-14)5-7-14/h1-3,8,11H,4-7,9-10H2,(H3,15,16,17,18). The third-order valence-electron chi connectivity index (χ3n) is 4.39. The van der Waals surface area contributed by atoms with Gasteiger partial charge in [0.15, 0.2) is 5.96 Å². The van der Waals surface area contributed by atoms with E-state index < -0.39 is 0 Å². The van der Waals surface area contributed by atoms with E-state index in [1.807, 2.05) is 18.2 Å². The lowest BCUT2D eigenvalue weighted by Crippen LogP contribution is -2.26. The number of rotatable bonds is 3. The number of anilines is 1. The molecule has 0 aromatic carbocycles. The Kier molecular flexibility index (Phi) is 2.94. The molecule has 0 amide bonds. The fraction of sp³-hybridized carbons (Fsp3) is 0.571. The van der Waals surface area contributed by atoms with Crippen molar-refractivity contribution in [2.45, 2.75) is 32.1 Å². The molecular formula is C14H20N4. The van der Waals surface area contributed by atoms with Gasteiger partial charge in [-0.2, -0.15) is 0 Å². The molecule has 2 aliphatic carbocycles. The highest BCUT2D eigenvalue weighted by Gasteiger charge is 2.44. The van der Waals surface area contributed by atoms with E-state index in [0.29, 0.717) is 11.4 Å². The van der Waals surface area contributed by atoms with E-state index in [1.165, 1.54) is 32.1 Å². The van der Waals surface area contributed by atoms with Crippen LogP contribution in [0.2, 0.25) is 0 Å². The van der Waals surface area contributed by atoms with Crippen molar-refractivity contribution in [2.24, 2.45) is 22.1 Å². The molecule has 2 saturated carbocycles. The van der Waals surface area contributed by atoms with Crippen molar-refractivity contribution in [2.75, 3.05) is 11.9 Å². The zero-order valence-corrected chi connectivity index (χ0v) is 10.6. The van der Waals surface area contributed by atoms with E-state index in [0.717, 1.165) is 18.3 Å². The van der Waals surface area contributed by atoms with Gasteiger partial charge in [-0.25, -0.2) is 4.98 Å². The summed E-state index contributed by atoms with van der Waals surface area (Å²) in [4.78, 5) is 8.69. The number of aromatic nitrogens is 1. The number of nitrogens with one attached hydrogen (secondary N) is 1. The van der Waals surface area contributed by atoms with Crippen molar-refractivity contribution < 1.29 is 0 Å². The maximum absolute atomic E-state index is 5.91. The Balaban J connectivity index is 1.59. The second-order valence-corrected chi connectivity index (χ2v) is 5.69. The largest absolute Gasteiger partial charge is 0.370 e. The Morgan fingerprint density at radius 1 is 1.44 bits per heavy atom. The van der Waals surface area contributed by atoms with E-state index in [1.54, 1.807) is 6.20 Å². The van der Waals surface area contributed by atoms with Crippen LogP contribution in [0.4, 0.5) is 5.82 Å². The molecule has 18 heavy (non-hydrogen) atoms. The van der Waals surface area contributed by atoms with Crippen molar-refractivity contribution in [3.05, 3.63) is 24.4 Å². The summed E-state index contributed by atoms with van der Waals surface area (Å²) in [5.41, 5.74) is 6.37. The normalized spacial score (nSPS) is 30.7. The molecule has 0 spiro atoms. The Morgan fingerprint density at radius 3 is 2.89 bits per heavy atom. The maximum Gasteiger partial charge on any atom is 0.194 e. The molecule has 0 radical (unpaired) electrons. The van der Waals surface area contributed by atoms with E-state index in [9.17, 15) is 0 Å². The van der Waals surface area contributed by atoms with Crippen LogP contribution in [0.5, 0.6) is 0 Å².